The molecule has 0 aromatic heterocycles. The molecule has 2 nitrogen and oxygen atoms in total. The van der Waals surface area contributed by atoms with Gasteiger partial charge in [0.05, 0.1) is 0 Å². The minimum atomic E-state index is -0.256. The molecule has 1 aromatic rings. The normalized spacial score (nSPS) is 17.3. The number of hydrogen-bond acceptors (Lipinski definition) is 2. The highest BCUT2D eigenvalue weighted by Gasteiger charge is 2.39. The predicted octanol–water partition coefficient (Wildman–Crippen LogP) is 3.82. The van der Waals surface area contributed by atoms with E-state index in [2.05, 4.69) is 19.2 Å². The van der Waals surface area contributed by atoms with Crippen LogP contribution in [0.3, 0.4) is 0 Å². The smallest absolute Gasteiger partial charge is 0.165 e. The SMILES string of the molecule is Cc1ccc(F)c(OC2(CCNC(C)C)CCC2)c1. The van der Waals surface area contributed by atoms with Crippen LogP contribution in [0, 0.1) is 12.7 Å². The van der Waals surface area contributed by atoms with E-state index in [0.717, 1.165) is 31.4 Å². The maximum Gasteiger partial charge on any atom is 0.165 e. The predicted molar refractivity (Wildman–Crippen MR) is 76.1 cm³/mol. The van der Waals surface area contributed by atoms with Gasteiger partial charge in [0.25, 0.3) is 0 Å². The topological polar surface area (TPSA) is 21.3 Å². The van der Waals surface area contributed by atoms with E-state index < -0.39 is 0 Å². The highest BCUT2D eigenvalue weighted by molar-refractivity contribution is 5.30. The number of hydrogen-bond donors (Lipinski definition) is 1. The van der Waals surface area contributed by atoms with Crippen molar-refractivity contribution in [2.45, 2.75) is 58.1 Å². The van der Waals surface area contributed by atoms with Gasteiger partial charge in [-0.1, -0.05) is 19.9 Å². The van der Waals surface area contributed by atoms with E-state index in [1.54, 1.807) is 12.1 Å². The summed E-state index contributed by atoms with van der Waals surface area (Å²) >= 11 is 0. The molecule has 0 heterocycles. The quantitative estimate of drug-likeness (QED) is 0.844. The minimum Gasteiger partial charge on any atom is -0.484 e. The summed E-state index contributed by atoms with van der Waals surface area (Å²) in [7, 11) is 0. The van der Waals surface area contributed by atoms with Gasteiger partial charge in [0.15, 0.2) is 11.6 Å². The fraction of sp³-hybridized carbons (Fsp3) is 0.625. The van der Waals surface area contributed by atoms with Gasteiger partial charge in [-0.25, -0.2) is 4.39 Å². The first-order valence-corrected chi connectivity index (χ1v) is 7.19. The molecule has 3 heteroatoms. The van der Waals surface area contributed by atoms with E-state index in [-0.39, 0.29) is 11.4 Å². The van der Waals surface area contributed by atoms with Crippen LogP contribution in [0.4, 0.5) is 4.39 Å². The van der Waals surface area contributed by atoms with Crippen molar-refractivity contribution in [3.63, 3.8) is 0 Å². The Kier molecular flexibility index (Phi) is 4.46. The summed E-state index contributed by atoms with van der Waals surface area (Å²) in [5.74, 6) is 0.151. The average Bonchev–Trinajstić information content (AvgIpc) is 2.30. The Morgan fingerprint density at radius 3 is 2.68 bits per heavy atom. The van der Waals surface area contributed by atoms with Gasteiger partial charge in [0.2, 0.25) is 0 Å². The zero-order valence-electron chi connectivity index (χ0n) is 12.1. The van der Waals surface area contributed by atoms with Crippen molar-refractivity contribution in [2.24, 2.45) is 0 Å². The van der Waals surface area contributed by atoms with Crippen LogP contribution < -0.4 is 10.1 Å². The van der Waals surface area contributed by atoms with Crippen LogP contribution in [0.1, 0.15) is 45.1 Å². The van der Waals surface area contributed by atoms with Crippen molar-refractivity contribution >= 4 is 0 Å². The number of rotatable bonds is 6. The van der Waals surface area contributed by atoms with Crippen molar-refractivity contribution in [2.75, 3.05) is 6.54 Å². The van der Waals surface area contributed by atoms with Crippen LogP contribution in [-0.2, 0) is 0 Å². The molecule has 1 N–H and O–H groups in total. The molecule has 1 aromatic carbocycles. The van der Waals surface area contributed by atoms with Gasteiger partial charge in [0, 0.05) is 6.04 Å². The van der Waals surface area contributed by atoms with Crippen LogP contribution in [0.5, 0.6) is 5.75 Å². The van der Waals surface area contributed by atoms with Crippen LogP contribution in [-0.4, -0.2) is 18.2 Å². The molecule has 1 aliphatic carbocycles. The Morgan fingerprint density at radius 2 is 2.11 bits per heavy atom. The van der Waals surface area contributed by atoms with E-state index in [9.17, 15) is 4.39 Å². The average molecular weight is 265 g/mol. The Balaban J connectivity index is 1.99. The van der Waals surface area contributed by atoms with Crippen LogP contribution >= 0.6 is 0 Å². The Morgan fingerprint density at radius 1 is 1.37 bits per heavy atom. The molecule has 0 saturated heterocycles. The maximum absolute atomic E-state index is 13.8. The van der Waals surface area contributed by atoms with Crippen molar-refractivity contribution < 1.29 is 9.13 Å². The summed E-state index contributed by atoms with van der Waals surface area (Å²) in [6.45, 7) is 7.15. The maximum atomic E-state index is 13.8. The van der Waals surface area contributed by atoms with Gasteiger partial charge in [-0.15, -0.1) is 0 Å². The number of ether oxygens (including phenoxy) is 1. The third-order valence-electron chi connectivity index (χ3n) is 3.81. The monoisotopic (exact) mass is 265 g/mol. The molecule has 0 atom stereocenters. The van der Waals surface area contributed by atoms with Crippen LogP contribution in [0.25, 0.3) is 0 Å². The van der Waals surface area contributed by atoms with Crippen molar-refractivity contribution in [3.8, 4) is 5.75 Å². The van der Waals surface area contributed by atoms with E-state index in [4.69, 9.17) is 4.74 Å². The molecule has 2 rings (SSSR count). The Hall–Kier alpha value is -1.09. The largest absolute Gasteiger partial charge is 0.484 e. The second kappa shape index (κ2) is 5.91. The third-order valence-corrected chi connectivity index (χ3v) is 3.81. The standard InChI is InChI=1S/C16H24FNO/c1-12(2)18-10-9-16(7-4-8-16)19-15-11-13(3)5-6-14(15)17/h5-6,11-12,18H,4,7-10H2,1-3H3. The molecular formula is C16H24FNO. The third kappa shape index (κ3) is 3.69. The van der Waals surface area contributed by atoms with Gasteiger partial charge in [-0.05, 0) is 56.8 Å². The van der Waals surface area contributed by atoms with Crippen molar-refractivity contribution in [3.05, 3.63) is 29.6 Å². The first-order chi connectivity index (χ1) is 9.01. The van der Waals surface area contributed by atoms with E-state index in [1.165, 1.54) is 12.5 Å². The number of halogens is 1. The Labute approximate surface area is 115 Å². The summed E-state index contributed by atoms with van der Waals surface area (Å²) in [5, 5.41) is 3.41. The summed E-state index contributed by atoms with van der Waals surface area (Å²) < 4.78 is 19.8. The first kappa shape index (κ1) is 14.3. The molecule has 106 valence electrons. The van der Waals surface area contributed by atoms with Gasteiger partial charge in [0.1, 0.15) is 5.60 Å². The highest BCUT2D eigenvalue weighted by atomic mass is 19.1. The lowest BCUT2D eigenvalue weighted by molar-refractivity contribution is -0.0174. The van der Waals surface area contributed by atoms with Crippen molar-refractivity contribution in [1.82, 2.24) is 5.32 Å². The zero-order valence-corrected chi connectivity index (χ0v) is 12.1. The molecule has 1 saturated carbocycles. The Bertz CT molecular complexity index is 427. The summed E-state index contributed by atoms with van der Waals surface area (Å²) in [6, 6.07) is 5.54. The molecule has 19 heavy (non-hydrogen) atoms. The first-order valence-electron chi connectivity index (χ1n) is 7.19. The number of aryl methyl sites for hydroxylation is 1. The summed E-state index contributed by atoms with van der Waals surface area (Å²) in [5.41, 5.74) is 0.877. The molecule has 0 spiro atoms. The lowest BCUT2D eigenvalue weighted by atomic mass is 9.77. The van der Waals surface area contributed by atoms with E-state index in [1.807, 2.05) is 6.92 Å². The minimum absolute atomic E-state index is 0.156. The fourth-order valence-corrected chi connectivity index (χ4v) is 2.48. The summed E-state index contributed by atoms with van der Waals surface area (Å²) in [6.07, 6.45) is 4.17. The molecule has 0 unspecified atom stereocenters. The van der Waals surface area contributed by atoms with E-state index in [0.29, 0.717) is 11.8 Å². The molecule has 0 bridgehead atoms. The zero-order chi connectivity index (χ0) is 13.9. The van der Waals surface area contributed by atoms with E-state index >= 15 is 0 Å². The second-order valence-corrected chi connectivity index (χ2v) is 5.93. The highest BCUT2D eigenvalue weighted by Crippen LogP contribution is 2.40. The van der Waals surface area contributed by atoms with Gasteiger partial charge in [-0.2, -0.15) is 0 Å². The fourth-order valence-electron chi connectivity index (χ4n) is 2.48. The van der Waals surface area contributed by atoms with Gasteiger partial charge >= 0.3 is 0 Å². The lowest BCUT2D eigenvalue weighted by Crippen LogP contribution is -2.46. The number of benzene rings is 1. The molecule has 1 fully saturated rings. The summed E-state index contributed by atoms with van der Waals surface area (Å²) in [4.78, 5) is 0. The van der Waals surface area contributed by atoms with Gasteiger partial charge in [-0.3, -0.25) is 0 Å². The molecule has 0 radical (unpaired) electrons. The molecule has 1 aliphatic rings. The molecule has 0 aliphatic heterocycles. The lowest BCUT2D eigenvalue weighted by Gasteiger charge is -2.42. The second-order valence-electron chi connectivity index (χ2n) is 5.93. The van der Waals surface area contributed by atoms with Crippen molar-refractivity contribution in [1.29, 1.82) is 0 Å². The van der Waals surface area contributed by atoms with Crippen LogP contribution in [0.15, 0.2) is 18.2 Å². The molecular weight excluding hydrogens is 241 g/mol. The number of nitrogens with one attached hydrogen (secondary N) is 1. The van der Waals surface area contributed by atoms with Crippen LogP contribution in [0.2, 0.25) is 0 Å². The molecule has 0 amide bonds. The van der Waals surface area contributed by atoms with Gasteiger partial charge < -0.3 is 10.1 Å².